The fourth-order valence-electron chi connectivity index (χ4n) is 2.21. The first-order valence-electron chi connectivity index (χ1n) is 6.62. The summed E-state index contributed by atoms with van der Waals surface area (Å²) in [6, 6.07) is -0.276. The van der Waals surface area contributed by atoms with Crippen LogP contribution in [0.4, 0.5) is 4.79 Å². The third-order valence-electron chi connectivity index (χ3n) is 3.33. The average Bonchev–Trinajstić information content (AvgIpc) is 2.86. The van der Waals surface area contributed by atoms with Crippen LogP contribution in [0.1, 0.15) is 24.7 Å². The van der Waals surface area contributed by atoms with Gasteiger partial charge >= 0.3 is 12.0 Å². The van der Waals surface area contributed by atoms with Gasteiger partial charge in [0, 0.05) is 18.9 Å². The Morgan fingerprint density at radius 2 is 2.40 bits per heavy atom. The maximum atomic E-state index is 12.0. The number of methoxy groups -OCH3 is 1. The number of rotatable bonds is 3. The Kier molecular flexibility index (Phi) is 4.49. The molecule has 1 aromatic heterocycles. The molecule has 0 spiro atoms. The third-order valence-corrected chi connectivity index (χ3v) is 3.33. The monoisotopic (exact) mass is 279 g/mol. The molecule has 108 valence electrons. The van der Waals surface area contributed by atoms with E-state index in [1.807, 2.05) is 0 Å². The number of esters is 1. The van der Waals surface area contributed by atoms with Gasteiger partial charge in [0.25, 0.3) is 0 Å². The van der Waals surface area contributed by atoms with E-state index in [4.69, 9.17) is 0 Å². The van der Waals surface area contributed by atoms with Crippen LogP contribution in [0.15, 0.2) is 12.2 Å². The highest BCUT2D eigenvalue weighted by Crippen LogP contribution is 2.20. The van der Waals surface area contributed by atoms with E-state index in [1.165, 1.54) is 23.9 Å². The van der Waals surface area contributed by atoms with Crippen LogP contribution in [-0.2, 0) is 22.4 Å². The quantitative estimate of drug-likeness (QED) is 0.467. The molecule has 1 aliphatic carbocycles. The minimum Gasteiger partial charge on any atom is -0.466 e. The van der Waals surface area contributed by atoms with Gasteiger partial charge in [0.05, 0.1) is 13.7 Å². The number of nitrogens with zero attached hydrogens (tertiary/aromatic N) is 2. The molecule has 0 fully saturated rings. The largest absolute Gasteiger partial charge is 0.466 e. The Labute approximate surface area is 117 Å². The zero-order valence-corrected chi connectivity index (χ0v) is 11.7. The molecule has 1 aromatic rings. The van der Waals surface area contributed by atoms with Gasteiger partial charge in [-0.2, -0.15) is 0 Å². The van der Waals surface area contributed by atoms with Crippen LogP contribution in [0.3, 0.4) is 0 Å². The van der Waals surface area contributed by atoms with Crippen molar-refractivity contribution in [1.29, 1.82) is 0 Å². The van der Waals surface area contributed by atoms with Gasteiger partial charge in [-0.15, -0.1) is 5.21 Å². The number of nitrogens with one attached hydrogen (secondary N) is 2. The summed E-state index contributed by atoms with van der Waals surface area (Å²) in [5, 5.41) is 9.59. The number of carbonyl (C=O) groups excluding carboxylic acids is 2. The van der Waals surface area contributed by atoms with E-state index < -0.39 is 5.97 Å². The molecule has 0 saturated carbocycles. The number of hydrogen-bond donors (Lipinski definition) is 2. The van der Waals surface area contributed by atoms with Crippen molar-refractivity contribution in [2.24, 2.45) is 5.92 Å². The predicted molar refractivity (Wildman–Crippen MR) is 69.9 cm³/mol. The first kappa shape index (κ1) is 14.2. The molecule has 0 aliphatic heterocycles. The van der Waals surface area contributed by atoms with E-state index in [0.29, 0.717) is 5.92 Å². The number of ether oxygens (including phenoxy) is 1. The second kappa shape index (κ2) is 6.31. The highest BCUT2D eigenvalue weighted by Gasteiger charge is 2.28. The maximum absolute atomic E-state index is 12.0. The summed E-state index contributed by atoms with van der Waals surface area (Å²) in [7, 11) is 1.30. The van der Waals surface area contributed by atoms with Crippen molar-refractivity contribution in [3.05, 3.63) is 23.5 Å². The van der Waals surface area contributed by atoms with Gasteiger partial charge in [-0.1, -0.05) is 11.6 Å². The summed E-state index contributed by atoms with van der Waals surface area (Å²) in [5.41, 5.74) is 1.90. The van der Waals surface area contributed by atoms with E-state index in [0.717, 1.165) is 30.7 Å². The summed E-state index contributed by atoms with van der Waals surface area (Å²) in [5.74, 6) is 0.109. The van der Waals surface area contributed by atoms with E-state index in [1.54, 1.807) is 0 Å². The van der Waals surface area contributed by atoms with Crippen LogP contribution >= 0.6 is 0 Å². The first-order chi connectivity index (χ1) is 9.61. The molecule has 1 heterocycles. The molecule has 0 aromatic carbocycles. The molecule has 2 rings (SSSR count). The van der Waals surface area contributed by atoms with Crippen LogP contribution in [0, 0.1) is 5.92 Å². The Bertz CT molecular complexity index is 536. The molecule has 0 radical (unpaired) electrons. The highest BCUT2D eigenvalue weighted by molar-refractivity contribution is 5.81. The van der Waals surface area contributed by atoms with Gasteiger partial charge in [-0.05, 0) is 23.5 Å². The Morgan fingerprint density at radius 1 is 1.60 bits per heavy atom. The van der Waals surface area contributed by atoms with Crippen molar-refractivity contribution in [1.82, 2.24) is 15.6 Å². The molecule has 1 aliphatic rings. The van der Waals surface area contributed by atoms with E-state index in [-0.39, 0.29) is 12.6 Å². The minimum atomic E-state index is -0.445. The predicted octanol–water partition coefficient (Wildman–Crippen LogP) is 0.109. The standard InChI is InChI=1S/C13H18N4O3/c1-9-5-6-10-11(8-9)17(16-15-10)13(19)14-7-3-4-12(18)20-2/h3-4,9H,5-8H2,1-2H3,(H,14,19)/p+1/b4-3+. The summed E-state index contributed by atoms with van der Waals surface area (Å²) in [6.45, 7) is 2.42. The number of aromatic amines is 1. The smallest absolute Gasteiger partial charge is 0.458 e. The lowest BCUT2D eigenvalue weighted by molar-refractivity contribution is -0.644. The second-order valence-corrected chi connectivity index (χ2v) is 4.90. The SMILES string of the molecule is COC(=O)/C=C/CNC(=O)[n+]1[nH]nc2c1CC(C)CC2. The van der Waals surface area contributed by atoms with Crippen LogP contribution in [0.2, 0.25) is 0 Å². The fourth-order valence-corrected chi connectivity index (χ4v) is 2.21. The third kappa shape index (κ3) is 3.23. The second-order valence-electron chi connectivity index (χ2n) is 4.90. The normalized spacial score (nSPS) is 17.8. The van der Waals surface area contributed by atoms with Crippen molar-refractivity contribution >= 4 is 12.0 Å². The minimum absolute atomic E-state index is 0.254. The summed E-state index contributed by atoms with van der Waals surface area (Å²) in [4.78, 5) is 22.9. The topological polar surface area (TPSA) is 88.0 Å². The zero-order chi connectivity index (χ0) is 14.5. The number of carbonyl (C=O) groups is 2. The lowest BCUT2D eigenvalue weighted by Crippen LogP contribution is -2.54. The summed E-state index contributed by atoms with van der Waals surface area (Å²) < 4.78 is 5.90. The van der Waals surface area contributed by atoms with Crippen LogP contribution in [0.5, 0.6) is 0 Å². The van der Waals surface area contributed by atoms with E-state index in [2.05, 4.69) is 27.3 Å². The molecule has 7 heteroatoms. The molecule has 20 heavy (non-hydrogen) atoms. The number of aromatic nitrogens is 3. The number of hydrogen-bond acceptors (Lipinski definition) is 4. The van der Waals surface area contributed by atoms with Gasteiger partial charge in [0.1, 0.15) is 5.69 Å². The lowest BCUT2D eigenvalue weighted by Gasteiger charge is -2.14. The van der Waals surface area contributed by atoms with Gasteiger partial charge in [-0.3, -0.25) is 5.32 Å². The van der Waals surface area contributed by atoms with Gasteiger partial charge in [-0.25, -0.2) is 9.59 Å². The summed E-state index contributed by atoms with van der Waals surface area (Å²) in [6.07, 6.45) is 5.65. The molecular formula is C13H19N4O3+. The summed E-state index contributed by atoms with van der Waals surface area (Å²) >= 11 is 0. The van der Waals surface area contributed by atoms with Crippen molar-refractivity contribution in [2.45, 2.75) is 26.2 Å². The highest BCUT2D eigenvalue weighted by atomic mass is 16.5. The van der Waals surface area contributed by atoms with E-state index in [9.17, 15) is 9.59 Å². The van der Waals surface area contributed by atoms with Gasteiger partial charge < -0.3 is 4.74 Å². The van der Waals surface area contributed by atoms with Crippen molar-refractivity contribution in [3.8, 4) is 0 Å². The molecule has 2 N–H and O–H groups in total. The molecule has 1 amide bonds. The average molecular weight is 279 g/mol. The van der Waals surface area contributed by atoms with Crippen molar-refractivity contribution in [2.75, 3.05) is 13.7 Å². The molecule has 1 atom stereocenters. The van der Waals surface area contributed by atoms with Crippen LogP contribution < -0.4 is 10.00 Å². The number of amides is 1. The molecule has 1 unspecified atom stereocenters. The van der Waals surface area contributed by atoms with Crippen LogP contribution in [-0.4, -0.2) is 36.0 Å². The van der Waals surface area contributed by atoms with E-state index >= 15 is 0 Å². The Hall–Kier alpha value is -2.18. The maximum Gasteiger partial charge on any atom is 0.458 e. The molecular weight excluding hydrogens is 260 g/mol. The van der Waals surface area contributed by atoms with Gasteiger partial charge in [0.15, 0.2) is 5.69 Å². The molecule has 7 nitrogen and oxygen atoms in total. The number of fused-ring (bicyclic) bond motifs is 1. The number of aryl methyl sites for hydroxylation is 1. The fraction of sp³-hybridized carbons (Fsp3) is 0.538. The van der Waals surface area contributed by atoms with Crippen molar-refractivity contribution in [3.63, 3.8) is 0 Å². The van der Waals surface area contributed by atoms with Crippen molar-refractivity contribution < 1.29 is 19.0 Å². The first-order valence-corrected chi connectivity index (χ1v) is 6.62. The van der Waals surface area contributed by atoms with Crippen LogP contribution in [0.25, 0.3) is 0 Å². The molecule has 0 bridgehead atoms. The lowest BCUT2D eigenvalue weighted by atomic mass is 9.91. The Balaban J connectivity index is 1.95. The van der Waals surface area contributed by atoms with Gasteiger partial charge in [0.2, 0.25) is 0 Å². The molecule has 0 saturated heterocycles. The number of H-pyrrole nitrogens is 1. The Morgan fingerprint density at radius 3 is 3.15 bits per heavy atom. The zero-order valence-electron chi connectivity index (χ0n) is 11.7.